The van der Waals surface area contributed by atoms with Crippen molar-refractivity contribution >= 4 is 23.2 Å². The summed E-state index contributed by atoms with van der Waals surface area (Å²) in [6, 6.07) is 11.3. The number of hydrogen-bond donors (Lipinski definition) is 0. The highest BCUT2D eigenvalue weighted by molar-refractivity contribution is 6.35. The van der Waals surface area contributed by atoms with Gasteiger partial charge in [0.1, 0.15) is 5.75 Å². The van der Waals surface area contributed by atoms with Gasteiger partial charge in [-0.3, -0.25) is 4.79 Å². The van der Waals surface area contributed by atoms with Crippen LogP contribution in [0.15, 0.2) is 36.4 Å². The van der Waals surface area contributed by atoms with Crippen molar-refractivity contribution in [2.45, 2.75) is 0 Å². The second kappa shape index (κ2) is 6.28. The smallest absolute Gasteiger partial charge is 0.258 e. The Morgan fingerprint density at radius 1 is 0.917 bits per heavy atom. The molecule has 5 nitrogen and oxygen atoms in total. The van der Waals surface area contributed by atoms with Crippen LogP contribution in [-0.4, -0.2) is 34.3 Å². The minimum Gasteiger partial charge on any atom is -0.496 e. The van der Waals surface area contributed by atoms with Crippen molar-refractivity contribution in [1.29, 1.82) is 0 Å². The molecule has 0 saturated heterocycles. The molecule has 0 aliphatic carbocycles. The summed E-state index contributed by atoms with van der Waals surface area (Å²) < 4.78 is 16.1. The largest absolute Gasteiger partial charge is 0.496 e. The van der Waals surface area contributed by atoms with E-state index in [9.17, 15) is 4.79 Å². The van der Waals surface area contributed by atoms with Crippen molar-refractivity contribution in [2.75, 3.05) is 33.3 Å². The van der Waals surface area contributed by atoms with E-state index in [1.807, 2.05) is 30.3 Å². The standard InChI is InChI=1S/C19H19NO4/c1-20-15-8-6-5-7-13(15)14(19(20)21)9-12-10-17(23-3)18(24-4)11-16(12)22-2/h5-11H,1-4H3/b14-9+. The molecule has 0 N–H and O–H groups in total. The van der Waals surface area contributed by atoms with Crippen LogP contribution in [0.1, 0.15) is 11.1 Å². The molecule has 0 radical (unpaired) electrons. The number of para-hydroxylation sites is 1. The van der Waals surface area contributed by atoms with Crippen LogP contribution in [0.4, 0.5) is 5.69 Å². The van der Waals surface area contributed by atoms with Gasteiger partial charge in [0.05, 0.1) is 27.0 Å². The topological polar surface area (TPSA) is 48.0 Å². The molecule has 0 unspecified atom stereocenters. The Hall–Kier alpha value is -2.95. The van der Waals surface area contributed by atoms with Crippen LogP contribution in [0.3, 0.4) is 0 Å². The van der Waals surface area contributed by atoms with Gasteiger partial charge in [-0.25, -0.2) is 0 Å². The number of ether oxygens (including phenoxy) is 3. The summed E-state index contributed by atoms with van der Waals surface area (Å²) in [5.41, 5.74) is 3.18. The van der Waals surface area contributed by atoms with Gasteiger partial charge in [0.15, 0.2) is 11.5 Å². The average Bonchev–Trinajstić information content (AvgIpc) is 2.86. The summed E-state index contributed by atoms with van der Waals surface area (Å²) in [6.07, 6.45) is 1.82. The van der Waals surface area contributed by atoms with Crippen molar-refractivity contribution in [2.24, 2.45) is 0 Å². The fourth-order valence-electron chi connectivity index (χ4n) is 2.86. The maximum absolute atomic E-state index is 12.6. The number of likely N-dealkylation sites (N-methyl/N-ethyl adjacent to an activating group) is 1. The third-order valence-corrected chi connectivity index (χ3v) is 4.13. The molecular formula is C19H19NO4. The van der Waals surface area contributed by atoms with Crippen molar-refractivity contribution in [3.63, 3.8) is 0 Å². The van der Waals surface area contributed by atoms with Crippen molar-refractivity contribution < 1.29 is 19.0 Å². The summed E-state index contributed by atoms with van der Waals surface area (Å²) in [5, 5.41) is 0. The number of carbonyl (C=O) groups is 1. The Morgan fingerprint density at radius 3 is 2.21 bits per heavy atom. The van der Waals surface area contributed by atoms with Gasteiger partial charge in [0.2, 0.25) is 0 Å². The lowest BCUT2D eigenvalue weighted by Gasteiger charge is -2.12. The maximum atomic E-state index is 12.6. The molecule has 2 aromatic rings. The van der Waals surface area contributed by atoms with E-state index in [0.717, 1.165) is 16.8 Å². The van der Waals surface area contributed by atoms with Gasteiger partial charge in [0.25, 0.3) is 5.91 Å². The molecule has 1 aliphatic heterocycles. The fourth-order valence-corrected chi connectivity index (χ4v) is 2.86. The first kappa shape index (κ1) is 15.9. The summed E-state index contributed by atoms with van der Waals surface area (Å²) in [4.78, 5) is 14.3. The highest BCUT2D eigenvalue weighted by Gasteiger charge is 2.29. The number of rotatable bonds is 4. The van der Waals surface area contributed by atoms with E-state index >= 15 is 0 Å². The van der Waals surface area contributed by atoms with Gasteiger partial charge in [-0.1, -0.05) is 18.2 Å². The molecule has 5 heteroatoms. The van der Waals surface area contributed by atoms with Gasteiger partial charge in [-0.15, -0.1) is 0 Å². The lowest BCUT2D eigenvalue weighted by Crippen LogP contribution is -2.20. The van der Waals surface area contributed by atoms with Crippen molar-refractivity contribution in [3.05, 3.63) is 47.5 Å². The number of nitrogens with zero attached hydrogens (tertiary/aromatic N) is 1. The molecule has 3 rings (SSSR count). The van der Waals surface area contributed by atoms with E-state index in [4.69, 9.17) is 14.2 Å². The number of methoxy groups -OCH3 is 3. The third kappa shape index (κ3) is 2.48. The molecular weight excluding hydrogens is 306 g/mol. The molecule has 124 valence electrons. The van der Waals surface area contributed by atoms with Crippen molar-refractivity contribution in [3.8, 4) is 17.2 Å². The van der Waals surface area contributed by atoms with Crippen LogP contribution in [0.5, 0.6) is 17.2 Å². The lowest BCUT2D eigenvalue weighted by atomic mass is 10.0. The Balaban J connectivity index is 2.17. The first-order chi connectivity index (χ1) is 11.6. The Kier molecular flexibility index (Phi) is 4.16. The lowest BCUT2D eigenvalue weighted by molar-refractivity contribution is -0.112. The van der Waals surface area contributed by atoms with Crippen LogP contribution in [0.25, 0.3) is 11.6 Å². The van der Waals surface area contributed by atoms with Gasteiger partial charge < -0.3 is 19.1 Å². The van der Waals surface area contributed by atoms with E-state index < -0.39 is 0 Å². The van der Waals surface area contributed by atoms with E-state index in [0.29, 0.717) is 22.8 Å². The second-order valence-electron chi connectivity index (χ2n) is 5.39. The highest BCUT2D eigenvalue weighted by atomic mass is 16.5. The van der Waals surface area contributed by atoms with Gasteiger partial charge in [0, 0.05) is 29.8 Å². The molecule has 0 bridgehead atoms. The van der Waals surface area contributed by atoms with Gasteiger partial charge in [-0.2, -0.15) is 0 Å². The molecule has 1 amide bonds. The molecule has 1 heterocycles. The molecule has 2 aromatic carbocycles. The Morgan fingerprint density at radius 2 is 1.54 bits per heavy atom. The molecule has 0 aromatic heterocycles. The van der Waals surface area contributed by atoms with E-state index in [1.54, 1.807) is 45.4 Å². The number of amides is 1. The first-order valence-electron chi connectivity index (χ1n) is 7.50. The fraction of sp³-hybridized carbons (Fsp3) is 0.211. The van der Waals surface area contributed by atoms with Crippen molar-refractivity contribution in [1.82, 2.24) is 0 Å². The average molecular weight is 325 g/mol. The summed E-state index contributed by atoms with van der Waals surface area (Å²) >= 11 is 0. The number of fused-ring (bicyclic) bond motifs is 1. The van der Waals surface area contributed by atoms with Gasteiger partial charge in [-0.05, 0) is 18.2 Å². The minimum atomic E-state index is -0.0481. The quantitative estimate of drug-likeness (QED) is 0.810. The number of anilines is 1. The molecule has 0 atom stereocenters. The predicted octanol–water partition coefficient (Wildman–Crippen LogP) is 3.23. The first-order valence-corrected chi connectivity index (χ1v) is 7.50. The van der Waals surface area contributed by atoms with Gasteiger partial charge >= 0.3 is 0 Å². The van der Waals surface area contributed by atoms with E-state index in [1.165, 1.54) is 0 Å². The molecule has 24 heavy (non-hydrogen) atoms. The van der Waals surface area contributed by atoms with Crippen LogP contribution in [0, 0.1) is 0 Å². The molecule has 0 saturated carbocycles. The maximum Gasteiger partial charge on any atom is 0.258 e. The second-order valence-corrected chi connectivity index (χ2v) is 5.39. The zero-order valence-corrected chi connectivity index (χ0v) is 14.1. The summed E-state index contributed by atoms with van der Waals surface area (Å²) in [7, 11) is 6.50. The molecule has 0 fully saturated rings. The van der Waals surface area contributed by atoms with E-state index in [2.05, 4.69) is 0 Å². The Labute approximate surface area is 141 Å². The zero-order chi connectivity index (χ0) is 17.3. The molecule has 1 aliphatic rings. The number of benzene rings is 2. The monoisotopic (exact) mass is 325 g/mol. The van der Waals surface area contributed by atoms with Crippen LogP contribution in [-0.2, 0) is 4.79 Å². The highest BCUT2D eigenvalue weighted by Crippen LogP contribution is 2.40. The number of carbonyl (C=O) groups excluding carboxylic acids is 1. The predicted molar refractivity (Wildman–Crippen MR) is 93.8 cm³/mol. The van der Waals surface area contributed by atoms with E-state index in [-0.39, 0.29) is 5.91 Å². The van der Waals surface area contributed by atoms with Crippen LogP contribution < -0.4 is 19.1 Å². The number of hydrogen-bond acceptors (Lipinski definition) is 4. The van der Waals surface area contributed by atoms with Crippen LogP contribution >= 0.6 is 0 Å². The third-order valence-electron chi connectivity index (χ3n) is 4.13. The molecule has 0 spiro atoms. The van der Waals surface area contributed by atoms with Crippen LogP contribution in [0.2, 0.25) is 0 Å². The normalized spacial score (nSPS) is 14.8. The summed E-state index contributed by atoms with van der Waals surface area (Å²) in [5.74, 6) is 1.72. The minimum absolute atomic E-state index is 0.0481. The summed E-state index contributed by atoms with van der Waals surface area (Å²) in [6.45, 7) is 0. The zero-order valence-electron chi connectivity index (χ0n) is 14.1. The SMILES string of the molecule is COc1cc(OC)c(OC)cc1/C=C1/C(=O)N(C)c2ccccc21. The Bertz CT molecular complexity index is 826.